The maximum absolute atomic E-state index is 13.0. The first-order valence-electron chi connectivity index (χ1n) is 6.27. The van der Waals surface area contributed by atoms with Gasteiger partial charge in [-0.1, -0.05) is 29.8 Å². The van der Waals surface area contributed by atoms with E-state index >= 15 is 0 Å². The molecule has 0 saturated carbocycles. The summed E-state index contributed by atoms with van der Waals surface area (Å²) in [6.45, 7) is 3.38. The molecule has 0 radical (unpaired) electrons. The van der Waals surface area contributed by atoms with Gasteiger partial charge in [0.05, 0.1) is 7.11 Å². The molecule has 2 rings (SSSR count). The summed E-state index contributed by atoms with van der Waals surface area (Å²) < 4.78 is 18.4. The maximum atomic E-state index is 13.0. The van der Waals surface area contributed by atoms with E-state index in [9.17, 15) is 4.39 Å². The highest BCUT2D eigenvalue weighted by molar-refractivity contribution is 5.36. The van der Waals surface area contributed by atoms with Gasteiger partial charge < -0.3 is 10.1 Å². The molecule has 0 unspecified atom stereocenters. The highest BCUT2D eigenvalue weighted by atomic mass is 19.1. The summed E-state index contributed by atoms with van der Waals surface area (Å²) in [6, 6.07) is 12.7. The Labute approximate surface area is 113 Å². The third kappa shape index (κ3) is 3.80. The van der Waals surface area contributed by atoms with Gasteiger partial charge in [-0.15, -0.1) is 0 Å². The molecule has 2 aromatic carbocycles. The van der Waals surface area contributed by atoms with Crippen molar-refractivity contribution in [2.24, 2.45) is 0 Å². The van der Waals surface area contributed by atoms with E-state index < -0.39 is 0 Å². The molecular formula is C16H18FNO. The van der Waals surface area contributed by atoms with Crippen LogP contribution in [0.15, 0.2) is 42.5 Å². The summed E-state index contributed by atoms with van der Waals surface area (Å²) in [6.07, 6.45) is 0. The first-order valence-corrected chi connectivity index (χ1v) is 6.27. The number of hydrogen-bond donors (Lipinski definition) is 1. The molecule has 0 aromatic heterocycles. The molecule has 0 aliphatic heterocycles. The fraction of sp³-hybridized carbons (Fsp3) is 0.250. The monoisotopic (exact) mass is 259 g/mol. The number of methoxy groups -OCH3 is 1. The van der Waals surface area contributed by atoms with Crippen LogP contribution in [0.4, 0.5) is 4.39 Å². The van der Waals surface area contributed by atoms with Gasteiger partial charge in [0.1, 0.15) is 11.6 Å². The van der Waals surface area contributed by atoms with Crippen LogP contribution in [0.2, 0.25) is 0 Å². The molecule has 0 aliphatic rings. The normalized spacial score (nSPS) is 10.5. The molecule has 0 heterocycles. The van der Waals surface area contributed by atoms with Crippen molar-refractivity contribution in [3.63, 3.8) is 0 Å². The molecule has 0 aliphatic carbocycles. The summed E-state index contributed by atoms with van der Waals surface area (Å²) in [5.41, 5.74) is 3.24. The number of aryl methyl sites for hydroxylation is 1. The third-order valence-corrected chi connectivity index (χ3v) is 2.97. The SMILES string of the molecule is COc1ccc(C)cc1CNCc1cccc(F)c1. The molecule has 0 atom stereocenters. The van der Waals surface area contributed by atoms with Crippen molar-refractivity contribution in [1.82, 2.24) is 5.32 Å². The van der Waals surface area contributed by atoms with Crippen molar-refractivity contribution in [2.75, 3.05) is 7.11 Å². The number of rotatable bonds is 5. The Morgan fingerprint density at radius 2 is 1.95 bits per heavy atom. The highest BCUT2D eigenvalue weighted by Gasteiger charge is 2.03. The van der Waals surface area contributed by atoms with Crippen LogP contribution in [-0.4, -0.2) is 7.11 Å². The van der Waals surface area contributed by atoms with Crippen molar-refractivity contribution < 1.29 is 9.13 Å². The van der Waals surface area contributed by atoms with Gasteiger partial charge in [-0.05, 0) is 30.7 Å². The van der Waals surface area contributed by atoms with E-state index in [0.717, 1.165) is 16.9 Å². The van der Waals surface area contributed by atoms with Crippen molar-refractivity contribution >= 4 is 0 Å². The summed E-state index contributed by atoms with van der Waals surface area (Å²) in [4.78, 5) is 0. The molecule has 2 nitrogen and oxygen atoms in total. The summed E-state index contributed by atoms with van der Waals surface area (Å²) in [5, 5.41) is 3.30. The van der Waals surface area contributed by atoms with Gasteiger partial charge in [0.15, 0.2) is 0 Å². The van der Waals surface area contributed by atoms with E-state index in [1.807, 2.05) is 18.2 Å². The van der Waals surface area contributed by atoms with Gasteiger partial charge >= 0.3 is 0 Å². The Balaban J connectivity index is 1.97. The van der Waals surface area contributed by atoms with Crippen LogP contribution in [0.5, 0.6) is 5.75 Å². The zero-order valence-corrected chi connectivity index (χ0v) is 11.2. The smallest absolute Gasteiger partial charge is 0.123 e. The fourth-order valence-corrected chi connectivity index (χ4v) is 2.03. The van der Waals surface area contributed by atoms with E-state index in [1.54, 1.807) is 19.2 Å². The van der Waals surface area contributed by atoms with Crippen LogP contribution in [0.25, 0.3) is 0 Å². The largest absolute Gasteiger partial charge is 0.496 e. The van der Waals surface area contributed by atoms with Crippen LogP contribution in [-0.2, 0) is 13.1 Å². The second-order valence-electron chi connectivity index (χ2n) is 4.55. The van der Waals surface area contributed by atoms with Gasteiger partial charge in [0.2, 0.25) is 0 Å². The average molecular weight is 259 g/mol. The lowest BCUT2D eigenvalue weighted by molar-refractivity contribution is 0.407. The van der Waals surface area contributed by atoms with E-state index in [-0.39, 0.29) is 5.82 Å². The lowest BCUT2D eigenvalue weighted by atomic mass is 10.1. The van der Waals surface area contributed by atoms with Crippen LogP contribution in [0, 0.1) is 12.7 Å². The molecule has 0 amide bonds. The molecule has 0 fully saturated rings. The maximum Gasteiger partial charge on any atom is 0.123 e. The predicted octanol–water partition coefficient (Wildman–Crippen LogP) is 3.43. The van der Waals surface area contributed by atoms with Crippen LogP contribution in [0.3, 0.4) is 0 Å². The first kappa shape index (κ1) is 13.6. The number of nitrogens with one attached hydrogen (secondary N) is 1. The number of benzene rings is 2. The van der Waals surface area contributed by atoms with Gasteiger partial charge in [-0.2, -0.15) is 0 Å². The predicted molar refractivity (Wildman–Crippen MR) is 74.7 cm³/mol. The van der Waals surface area contributed by atoms with Gasteiger partial charge in [0.25, 0.3) is 0 Å². The molecule has 100 valence electrons. The van der Waals surface area contributed by atoms with Gasteiger partial charge in [-0.3, -0.25) is 0 Å². The lowest BCUT2D eigenvalue weighted by Crippen LogP contribution is -2.13. The molecule has 3 heteroatoms. The second kappa shape index (κ2) is 6.34. The summed E-state index contributed by atoms with van der Waals surface area (Å²) in [7, 11) is 1.67. The fourth-order valence-electron chi connectivity index (χ4n) is 2.03. The standard InChI is InChI=1S/C16H18FNO/c1-12-6-7-16(19-2)14(8-12)11-18-10-13-4-3-5-15(17)9-13/h3-9,18H,10-11H2,1-2H3. The topological polar surface area (TPSA) is 21.3 Å². The molecule has 0 spiro atoms. The van der Waals surface area contributed by atoms with E-state index in [0.29, 0.717) is 13.1 Å². The molecule has 2 aromatic rings. The molecule has 19 heavy (non-hydrogen) atoms. The van der Waals surface area contributed by atoms with Crippen molar-refractivity contribution in [1.29, 1.82) is 0 Å². The minimum absolute atomic E-state index is 0.201. The molecule has 1 N–H and O–H groups in total. The van der Waals surface area contributed by atoms with Crippen molar-refractivity contribution in [2.45, 2.75) is 20.0 Å². The number of hydrogen-bond acceptors (Lipinski definition) is 2. The first-order chi connectivity index (χ1) is 9.19. The van der Waals surface area contributed by atoms with Crippen LogP contribution < -0.4 is 10.1 Å². The highest BCUT2D eigenvalue weighted by Crippen LogP contribution is 2.19. The summed E-state index contributed by atoms with van der Waals surface area (Å²) >= 11 is 0. The third-order valence-electron chi connectivity index (χ3n) is 2.97. The van der Waals surface area contributed by atoms with Crippen molar-refractivity contribution in [3.8, 4) is 5.75 Å². The van der Waals surface area contributed by atoms with Crippen LogP contribution in [0.1, 0.15) is 16.7 Å². The van der Waals surface area contributed by atoms with Crippen molar-refractivity contribution in [3.05, 3.63) is 65.0 Å². The van der Waals surface area contributed by atoms with E-state index in [1.165, 1.54) is 11.6 Å². The zero-order valence-electron chi connectivity index (χ0n) is 11.2. The molecule has 0 bridgehead atoms. The lowest BCUT2D eigenvalue weighted by Gasteiger charge is -2.10. The average Bonchev–Trinajstić information content (AvgIpc) is 2.39. The minimum Gasteiger partial charge on any atom is -0.496 e. The molecule has 0 saturated heterocycles. The Morgan fingerprint density at radius 3 is 2.68 bits per heavy atom. The number of ether oxygens (including phenoxy) is 1. The van der Waals surface area contributed by atoms with Gasteiger partial charge in [0, 0.05) is 18.7 Å². The Hall–Kier alpha value is -1.87. The molecular weight excluding hydrogens is 241 g/mol. The number of halogens is 1. The Kier molecular flexibility index (Phi) is 4.53. The van der Waals surface area contributed by atoms with E-state index in [2.05, 4.69) is 18.3 Å². The summed E-state index contributed by atoms with van der Waals surface area (Å²) in [5.74, 6) is 0.671. The Morgan fingerprint density at radius 1 is 1.11 bits per heavy atom. The Bertz CT molecular complexity index is 554. The van der Waals surface area contributed by atoms with Crippen LogP contribution >= 0.6 is 0 Å². The second-order valence-corrected chi connectivity index (χ2v) is 4.55. The quantitative estimate of drug-likeness (QED) is 0.888. The van der Waals surface area contributed by atoms with Gasteiger partial charge in [-0.25, -0.2) is 4.39 Å². The van der Waals surface area contributed by atoms with E-state index in [4.69, 9.17) is 4.74 Å². The zero-order chi connectivity index (χ0) is 13.7. The minimum atomic E-state index is -0.201.